The summed E-state index contributed by atoms with van der Waals surface area (Å²) in [4.78, 5) is 36.0. The van der Waals surface area contributed by atoms with E-state index in [9.17, 15) is 9.59 Å². The van der Waals surface area contributed by atoms with Crippen LogP contribution in [0.5, 0.6) is 0 Å². The molecule has 3 heterocycles. The highest BCUT2D eigenvalue weighted by Crippen LogP contribution is 2.29. The van der Waals surface area contributed by atoms with E-state index in [-0.39, 0.29) is 17.5 Å². The van der Waals surface area contributed by atoms with Crippen LogP contribution < -0.4 is 21.5 Å². The zero-order valence-corrected chi connectivity index (χ0v) is 17.5. The predicted molar refractivity (Wildman–Crippen MR) is 121 cm³/mol. The second kappa shape index (κ2) is 9.09. The van der Waals surface area contributed by atoms with E-state index in [2.05, 4.69) is 10.3 Å². The summed E-state index contributed by atoms with van der Waals surface area (Å²) in [7, 11) is 1.65. The molecule has 1 amide bonds. The largest absolute Gasteiger partial charge is 0.354 e. The van der Waals surface area contributed by atoms with Crippen molar-refractivity contribution in [3.05, 3.63) is 70.8 Å². The van der Waals surface area contributed by atoms with Gasteiger partial charge in [-0.2, -0.15) is 0 Å². The van der Waals surface area contributed by atoms with Gasteiger partial charge < -0.3 is 16.0 Å². The first kappa shape index (κ1) is 20.7. The first-order valence-electron chi connectivity index (χ1n) is 10.4. The molecule has 2 aromatic heterocycles. The monoisotopic (exact) mass is 418 g/mol. The van der Waals surface area contributed by atoms with Gasteiger partial charge in [0.15, 0.2) is 0 Å². The Kier molecular flexibility index (Phi) is 6.08. The highest BCUT2D eigenvalue weighted by molar-refractivity contribution is 5.98. The maximum atomic E-state index is 13.3. The highest BCUT2D eigenvalue weighted by Gasteiger charge is 2.29. The quantitative estimate of drug-likeness (QED) is 0.608. The van der Waals surface area contributed by atoms with Crippen molar-refractivity contribution in [2.75, 3.05) is 23.3 Å². The van der Waals surface area contributed by atoms with Gasteiger partial charge in [-0.3, -0.25) is 19.1 Å². The molecule has 160 valence electrons. The summed E-state index contributed by atoms with van der Waals surface area (Å²) in [6.07, 6.45) is 5.17. The van der Waals surface area contributed by atoms with Crippen LogP contribution in [0, 0.1) is 0 Å². The summed E-state index contributed by atoms with van der Waals surface area (Å²) in [6.45, 7) is 0.968. The maximum Gasteiger partial charge on any atom is 0.279 e. The van der Waals surface area contributed by atoms with Gasteiger partial charge in [0.05, 0.1) is 0 Å². The molecule has 1 fully saturated rings. The third-order valence-electron chi connectivity index (χ3n) is 5.43. The number of nitrogens with zero attached hydrogens (tertiary/aromatic N) is 4. The summed E-state index contributed by atoms with van der Waals surface area (Å²) in [5, 5.41) is 3.22. The van der Waals surface area contributed by atoms with E-state index in [1.165, 1.54) is 4.57 Å². The summed E-state index contributed by atoms with van der Waals surface area (Å²) in [5.74, 6) is 0.357. The number of carbonyl (C=O) groups excluding carboxylic acids is 1. The summed E-state index contributed by atoms with van der Waals surface area (Å²) in [5.41, 5.74) is 8.71. The smallest absolute Gasteiger partial charge is 0.279 e. The van der Waals surface area contributed by atoms with Gasteiger partial charge in [-0.15, -0.1) is 0 Å². The molecule has 31 heavy (non-hydrogen) atoms. The molecule has 1 saturated heterocycles. The number of rotatable bonds is 7. The Morgan fingerprint density at radius 3 is 2.55 bits per heavy atom. The second-order valence-corrected chi connectivity index (χ2v) is 7.71. The van der Waals surface area contributed by atoms with Crippen molar-refractivity contribution in [1.82, 2.24) is 14.5 Å². The molecule has 3 aromatic rings. The van der Waals surface area contributed by atoms with Crippen molar-refractivity contribution >= 4 is 17.5 Å². The number of hydrogen-bond acceptors (Lipinski definition) is 6. The minimum Gasteiger partial charge on any atom is -0.354 e. The van der Waals surface area contributed by atoms with E-state index in [0.29, 0.717) is 43.3 Å². The molecule has 0 radical (unpaired) electrons. The molecule has 1 aliphatic heterocycles. The number of aromatic nitrogens is 3. The molecule has 4 rings (SSSR count). The van der Waals surface area contributed by atoms with Crippen LogP contribution in [-0.2, 0) is 18.3 Å². The highest BCUT2D eigenvalue weighted by atomic mass is 16.2. The number of nitrogens with two attached hydrogens (primary N) is 1. The Morgan fingerprint density at radius 2 is 1.87 bits per heavy atom. The Balaban J connectivity index is 1.65. The van der Waals surface area contributed by atoms with E-state index in [1.54, 1.807) is 36.5 Å². The number of amides is 1. The summed E-state index contributed by atoms with van der Waals surface area (Å²) in [6, 6.07) is 13.5. The zero-order chi connectivity index (χ0) is 21.8. The van der Waals surface area contributed by atoms with Gasteiger partial charge in [-0.05, 0) is 30.5 Å². The van der Waals surface area contributed by atoms with Crippen molar-refractivity contribution in [3.63, 3.8) is 0 Å². The standard InChI is InChI=1S/C23H26N6O2/c1-28-22(31)21(29-13-5-8-19(29)30)20(17-9-11-25-12-10-17)27-23(28)26-15-18(24)14-16-6-3-2-4-7-16/h2-4,6-7,9-12,18H,5,8,13-15,24H2,1H3,(H,26,27). The van der Waals surface area contributed by atoms with Gasteiger partial charge in [0.1, 0.15) is 11.4 Å². The lowest BCUT2D eigenvalue weighted by Crippen LogP contribution is -2.36. The number of nitrogens with one attached hydrogen (secondary N) is 1. The zero-order valence-electron chi connectivity index (χ0n) is 17.5. The maximum absolute atomic E-state index is 13.3. The van der Waals surface area contributed by atoms with Gasteiger partial charge in [-0.1, -0.05) is 30.3 Å². The van der Waals surface area contributed by atoms with Crippen LogP contribution in [0.4, 0.5) is 11.6 Å². The van der Waals surface area contributed by atoms with Crippen molar-refractivity contribution in [3.8, 4) is 11.3 Å². The molecule has 1 unspecified atom stereocenters. The Morgan fingerprint density at radius 1 is 1.13 bits per heavy atom. The van der Waals surface area contributed by atoms with Crippen LogP contribution in [0.1, 0.15) is 18.4 Å². The molecule has 0 spiro atoms. The first-order valence-corrected chi connectivity index (χ1v) is 10.4. The van der Waals surface area contributed by atoms with E-state index in [4.69, 9.17) is 10.7 Å². The Hall–Kier alpha value is -3.52. The molecular formula is C23H26N6O2. The topological polar surface area (TPSA) is 106 Å². The first-order chi connectivity index (χ1) is 15.0. The molecule has 8 nitrogen and oxygen atoms in total. The Labute approximate surface area is 180 Å². The van der Waals surface area contributed by atoms with Crippen LogP contribution in [0.25, 0.3) is 11.3 Å². The fourth-order valence-electron chi connectivity index (χ4n) is 3.80. The number of carbonyl (C=O) groups is 1. The molecule has 0 saturated carbocycles. The lowest BCUT2D eigenvalue weighted by atomic mass is 10.1. The molecule has 3 N–H and O–H groups in total. The van der Waals surface area contributed by atoms with Crippen molar-refractivity contribution in [2.24, 2.45) is 12.8 Å². The lowest BCUT2D eigenvalue weighted by molar-refractivity contribution is -0.117. The average molecular weight is 419 g/mol. The van der Waals surface area contributed by atoms with Crippen molar-refractivity contribution in [2.45, 2.75) is 25.3 Å². The van der Waals surface area contributed by atoms with E-state index in [0.717, 1.165) is 17.5 Å². The van der Waals surface area contributed by atoms with Crippen LogP contribution in [-0.4, -0.2) is 39.6 Å². The number of pyridine rings is 1. The number of benzene rings is 1. The minimum absolute atomic E-state index is 0.0557. The van der Waals surface area contributed by atoms with E-state index >= 15 is 0 Å². The lowest BCUT2D eigenvalue weighted by Gasteiger charge is -2.22. The van der Waals surface area contributed by atoms with Gasteiger partial charge >= 0.3 is 0 Å². The molecule has 0 aliphatic carbocycles. The predicted octanol–water partition coefficient (Wildman–Crippen LogP) is 1.95. The fraction of sp³-hybridized carbons (Fsp3) is 0.304. The minimum atomic E-state index is -0.267. The Bertz CT molecular complexity index is 1110. The third kappa shape index (κ3) is 4.49. The third-order valence-corrected chi connectivity index (χ3v) is 5.43. The van der Waals surface area contributed by atoms with Gasteiger partial charge in [0.2, 0.25) is 11.9 Å². The summed E-state index contributed by atoms with van der Waals surface area (Å²) < 4.78 is 1.45. The van der Waals surface area contributed by atoms with Crippen LogP contribution in [0.2, 0.25) is 0 Å². The normalized spacial score (nSPS) is 14.6. The SMILES string of the molecule is Cn1c(NCC(N)Cc2ccccc2)nc(-c2ccncc2)c(N2CCCC2=O)c1=O. The molecule has 8 heteroatoms. The van der Waals surface area contributed by atoms with Crippen molar-refractivity contribution in [1.29, 1.82) is 0 Å². The van der Waals surface area contributed by atoms with Crippen LogP contribution >= 0.6 is 0 Å². The summed E-state index contributed by atoms with van der Waals surface area (Å²) >= 11 is 0. The molecule has 1 aromatic carbocycles. The van der Waals surface area contributed by atoms with Crippen LogP contribution in [0.3, 0.4) is 0 Å². The second-order valence-electron chi connectivity index (χ2n) is 7.71. The van der Waals surface area contributed by atoms with Gasteiger partial charge in [0.25, 0.3) is 5.56 Å². The van der Waals surface area contributed by atoms with E-state index in [1.807, 2.05) is 30.3 Å². The molecule has 1 atom stereocenters. The van der Waals surface area contributed by atoms with Gasteiger partial charge in [-0.25, -0.2) is 4.98 Å². The number of hydrogen-bond donors (Lipinski definition) is 2. The van der Waals surface area contributed by atoms with Crippen molar-refractivity contribution < 1.29 is 4.79 Å². The van der Waals surface area contributed by atoms with Gasteiger partial charge in [0, 0.05) is 50.6 Å². The molecule has 0 bridgehead atoms. The molecule has 1 aliphatic rings. The van der Waals surface area contributed by atoms with E-state index < -0.39 is 0 Å². The fourth-order valence-corrected chi connectivity index (χ4v) is 3.80. The average Bonchev–Trinajstić information content (AvgIpc) is 3.21. The molecular weight excluding hydrogens is 392 g/mol. The van der Waals surface area contributed by atoms with Crippen LogP contribution in [0.15, 0.2) is 59.7 Å². The number of anilines is 2.